The van der Waals surface area contributed by atoms with E-state index in [1.165, 1.54) is 12.1 Å². The van der Waals surface area contributed by atoms with Gasteiger partial charge in [-0.15, -0.1) is 0 Å². The van der Waals surface area contributed by atoms with Crippen LogP contribution in [-0.2, 0) is 10.0 Å². The number of rotatable bonds is 5. The summed E-state index contributed by atoms with van der Waals surface area (Å²) in [6.07, 6.45) is 1.25. The molecule has 0 spiro atoms. The Kier molecular flexibility index (Phi) is 5.12. The maximum absolute atomic E-state index is 11.9. The number of halogens is 1. The average molecular weight is 317 g/mol. The summed E-state index contributed by atoms with van der Waals surface area (Å²) in [6.45, 7) is 1.90. The van der Waals surface area contributed by atoms with Gasteiger partial charge in [0.1, 0.15) is 6.04 Å². The van der Waals surface area contributed by atoms with Crippen LogP contribution in [0.15, 0.2) is 33.6 Å². The topological polar surface area (TPSA) is 70.0 Å². The molecule has 0 saturated heterocycles. The summed E-state index contributed by atoms with van der Waals surface area (Å²) in [5.74, 6) is 0. The molecule has 92 valence electrons. The van der Waals surface area contributed by atoms with Gasteiger partial charge >= 0.3 is 0 Å². The molecule has 0 bridgehead atoms. The summed E-state index contributed by atoms with van der Waals surface area (Å²) in [6, 6.07) is 7.64. The van der Waals surface area contributed by atoms with Crippen molar-refractivity contribution < 1.29 is 8.42 Å². The van der Waals surface area contributed by atoms with Crippen LogP contribution in [-0.4, -0.2) is 14.5 Å². The van der Waals surface area contributed by atoms with Crippen molar-refractivity contribution in [1.29, 1.82) is 5.26 Å². The first-order valence-corrected chi connectivity index (χ1v) is 7.44. The first kappa shape index (κ1) is 14.2. The van der Waals surface area contributed by atoms with Gasteiger partial charge in [0.25, 0.3) is 0 Å². The van der Waals surface area contributed by atoms with E-state index < -0.39 is 16.1 Å². The van der Waals surface area contributed by atoms with Crippen LogP contribution < -0.4 is 4.72 Å². The van der Waals surface area contributed by atoms with E-state index in [-0.39, 0.29) is 4.90 Å². The summed E-state index contributed by atoms with van der Waals surface area (Å²) >= 11 is 3.21. The van der Waals surface area contributed by atoms with E-state index in [0.717, 1.165) is 6.42 Å². The summed E-state index contributed by atoms with van der Waals surface area (Å²) in [5, 5.41) is 8.84. The summed E-state index contributed by atoms with van der Waals surface area (Å²) < 4.78 is 27.0. The molecule has 1 rings (SSSR count). The lowest BCUT2D eigenvalue weighted by molar-refractivity contribution is 0.563. The number of hydrogen-bond donors (Lipinski definition) is 1. The van der Waals surface area contributed by atoms with Crippen molar-refractivity contribution in [2.24, 2.45) is 0 Å². The SMILES string of the molecule is CCCC(C#N)NS(=O)(=O)c1cccc(Br)c1. The van der Waals surface area contributed by atoms with E-state index >= 15 is 0 Å². The standard InChI is InChI=1S/C11H13BrN2O2S/c1-2-4-10(8-13)14-17(15,16)11-6-3-5-9(12)7-11/h3,5-7,10,14H,2,4H2,1H3. The fraction of sp³-hybridized carbons (Fsp3) is 0.364. The Bertz CT molecular complexity index is 523. The molecular formula is C11H13BrN2O2S. The van der Waals surface area contributed by atoms with Crippen LogP contribution >= 0.6 is 15.9 Å². The van der Waals surface area contributed by atoms with E-state index in [1.54, 1.807) is 12.1 Å². The Morgan fingerprint density at radius 1 is 1.53 bits per heavy atom. The van der Waals surface area contributed by atoms with Crippen LogP contribution in [0, 0.1) is 11.3 Å². The first-order chi connectivity index (χ1) is 7.99. The molecule has 0 aromatic heterocycles. The quantitative estimate of drug-likeness (QED) is 0.906. The molecule has 1 aromatic rings. The minimum atomic E-state index is -3.62. The van der Waals surface area contributed by atoms with Crippen LogP contribution in [0.25, 0.3) is 0 Å². The van der Waals surface area contributed by atoms with Crippen LogP contribution in [0.1, 0.15) is 19.8 Å². The van der Waals surface area contributed by atoms with Gasteiger partial charge < -0.3 is 0 Å². The van der Waals surface area contributed by atoms with E-state index in [9.17, 15) is 8.42 Å². The molecule has 4 nitrogen and oxygen atoms in total. The molecule has 0 aliphatic carbocycles. The summed E-state index contributed by atoms with van der Waals surface area (Å²) in [5.41, 5.74) is 0. The Hall–Kier alpha value is -0.900. The number of nitrogens with one attached hydrogen (secondary N) is 1. The van der Waals surface area contributed by atoms with E-state index in [1.807, 2.05) is 13.0 Å². The zero-order valence-corrected chi connectivity index (χ0v) is 11.8. The number of nitriles is 1. The molecule has 0 amide bonds. The largest absolute Gasteiger partial charge is 0.241 e. The van der Waals surface area contributed by atoms with Crippen molar-refractivity contribution >= 4 is 26.0 Å². The zero-order valence-electron chi connectivity index (χ0n) is 9.35. The minimum Gasteiger partial charge on any atom is -0.207 e. The van der Waals surface area contributed by atoms with Crippen molar-refractivity contribution in [3.63, 3.8) is 0 Å². The number of sulfonamides is 1. The van der Waals surface area contributed by atoms with Crippen LogP contribution in [0.2, 0.25) is 0 Å². The Morgan fingerprint density at radius 3 is 2.76 bits per heavy atom. The maximum atomic E-state index is 11.9. The van der Waals surface area contributed by atoms with Crippen LogP contribution in [0.4, 0.5) is 0 Å². The predicted molar refractivity (Wildman–Crippen MR) is 68.8 cm³/mol. The van der Waals surface area contributed by atoms with Gasteiger partial charge in [-0.1, -0.05) is 35.3 Å². The van der Waals surface area contributed by atoms with Crippen molar-refractivity contribution in [1.82, 2.24) is 4.72 Å². The van der Waals surface area contributed by atoms with Crippen molar-refractivity contribution in [3.05, 3.63) is 28.7 Å². The lowest BCUT2D eigenvalue weighted by atomic mass is 10.2. The lowest BCUT2D eigenvalue weighted by Crippen LogP contribution is -2.33. The first-order valence-electron chi connectivity index (χ1n) is 5.17. The third-order valence-electron chi connectivity index (χ3n) is 2.14. The second-order valence-corrected chi connectivity index (χ2v) is 6.18. The monoisotopic (exact) mass is 316 g/mol. The Balaban J connectivity index is 2.93. The molecule has 0 aliphatic rings. The molecule has 17 heavy (non-hydrogen) atoms. The Morgan fingerprint density at radius 2 is 2.24 bits per heavy atom. The second-order valence-electron chi connectivity index (χ2n) is 3.55. The molecule has 0 radical (unpaired) electrons. The predicted octanol–water partition coefficient (Wildman–Crippen LogP) is 2.42. The van der Waals surface area contributed by atoms with Gasteiger partial charge in [-0.3, -0.25) is 0 Å². The molecule has 0 fully saturated rings. The maximum Gasteiger partial charge on any atom is 0.241 e. The molecule has 1 unspecified atom stereocenters. The van der Waals surface area contributed by atoms with Crippen molar-refractivity contribution in [2.75, 3.05) is 0 Å². The van der Waals surface area contributed by atoms with Crippen LogP contribution in [0.3, 0.4) is 0 Å². The summed E-state index contributed by atoms with van der Waals surface area (Å²) in [7, 11) is -3.62. The van der Waals surface area contributed by atoms with Gasteiger partial charge in [-0.2, -0.15) is 9.98 Å². The zero-order chi connectivity index (χ0) is 12.9. The van der Waals surface area contributed by atoms with E-state index in [0.29, 0.717) is 10.9 Å². The van der Waals surface area contributed by atoms with E-state index in [4.69, 9.17) is 5.26 Å². The highest BCUT2D eigenvalue weighted by Gasteiger charge is 2.19. The lowest BCUT2D eigenvalue weighted by Gasteiger charge is -2.11. The molecule has 6 heteroatoms. The van der Waals surface area contributed by atoms with E-state index in [2.05, 4.69) is 20.7 Å². The second kappa shape index (κ2) is 6.15. The molecule has 1 N–H and O–H groups in total. The molecule has 0 heterocycles. The molecule has 0 aliphatic heterocycles. The molecule has 1 atom stereocenters. The highest BCUT2D eigenvalue weighted by Crippen LogP contribution is 2.16. The third kappa shape index (κ3) is 4.11. The molecular weight excluding hydrogens is 304 g/mol. The smallest absolute Gasteiger partial charge is 0.207 e. The van der Waals surface area contributed by atoms with Crippen molar-refractivity contribution in [2.45, 2.75) is 30.7 Å². The minimum absolute atomic E-state index is 0.156. The fourth-order valence-corrected chi connectivity index (χ4v) is 3.10. The highest BCUT2D eigenvalue weighted by molar-refractivity contribution is 9.10. The average Bonchev–Trinajstić information content (AvgIpc) is 2.28. The van der Waals surface area contributed by atoms with Gasteiger partial charge in [-0.05, 0) is 24.6 Å². The van der Waals surface area contributed by atoms with Gasteiger partial charge in [-0.25, -0.2) is 8.42 Å². The number of nitrogens with zero attached hydrogens (tertiary/aromatic N) is 1. The fourth-order valence-electron chi connectivity index (χ4n) is 1.33. The van der Waals surface area contributed by atoms with Crippen molar-refractivity contribution in [3.8, 4) is 6.07 Å². The summed E-state index contributed by atoms with van der Waals surface area (Å²) in [4.78, 5) is 0.156. The van der Waals surface area contributed by atoms with Gasteiger partial charge in [0.05, 0.1) is 11.0 Å². The Labute approximate surface area is 110 Å². The number of hydrogen-bond acceptors (Lipinski definition) is 3. The third-order valence-corrected chi connectivity index (χ3v) is 4.10. The number of benzene rings is 1. The van der Waals surface area contributed by atoms with Gasteiger partial charge in [0, 0.05) is 4.47 Å². The molecule has 0 saturated carbocycles. The molecule has 1 aromatic carbocycles. The highest BCUT2D eigenvalue weighted by atomic mass is 79.9. The van der Waals surface area contributed by atoms with Crippen LogP contribution in [0.5, 0.6) is 0 Å². The van der Waals surface area contributed by atoms with Gasteiger partial charge in [0.2, 0.25) is 10.0 Å². The normalized spacial score (nSPS) is 13.0. The van der Waals surface area contributed by atoms with Gasteiger partial charge in [0.15, 0.2) is 0 Å².